The fourth-order valence-electron chi connectivity index (χ4n) is 4.12. The maximum atomic E-state index is 12.9. The Morgan fingerprint density at radius 1 is 1.40 bits per heavy atom. The van der Waals surface area contributed by atoms with Gasteiger partial charge in [0, 0.05) is 17.8 Å². The molecule has 0 unspecified atom stereocenters. The van der Waals surface area contributed by atoms with Gasteiger partial charge in [0.05, 0.1) is 19.2 Å². The van der Waals surface area contributed by atoms with E-state index in [2.05, 4.69) is 18.7 Å². The van der Waals surface area contributed by atoms with Gasteiger partial charge in [0.2, 0.25) is 0 Å². The average Bonchev–Trinajstić information content (AvgIpc) is 2.64. The van der Waals surface area contributed by atoms with E-state index in [-0.39, 0.29) is 12.2 Å². The average molecular weight is 336 g/mol. The van der Waals surface area contributed by atoms with Crippen LogP contribution in [0.5, 0.6) is 5.75 Å². The molecule has 0 saturated heterocycles. The number of rotatable bonds is 6. The summed E-state index contributed by atoms with van der Waals surface area (Å²) < 4.78 is 5.32. The second-order valence-corrected chi connectivity index (χ2v) is 6.95. The van der Waals surface area contributed by atoms with E-state index >= 15 is 0 Å². The smallest absolute Gasteiger partial charge is 0.154 e. The molecule has 1 aromatic rings. The number of Topliss-reactive ketones (excluding diaryl/α,β-unsaturated/α-hetero) is 1. The van der Waals surface area contributed by atoms with Gasteiger partial charge in [0.1, 0.15) is 11.5 Å². The number of nitrogens with zero attached hydrogens (tertiary/aromatic N) is 2. The summed E-state index contributed by atoms with van der Waals surface area (Å²) in [6, 6.07) is 11.8. The maximum absolute atomic E-state index is 12.9. The van der Waals surface area contributed by atoms with Gasteiger partial charge < -0.3 is 4.74 Å². The SMILES string of the molecule is C=CCC(C#N)(C#N)[C@H](c1cccc(OC)c1)[C@@]1(C)CCCCC1=O. The largest absolute Gasteiger partial charge is 0.497 e. The summed E-state index contributed by atoms with van der Waals surface area (Å²) in [5, 5.41) is 19.9. The maximum Gasteiger partial charge on any atom is 0.154 e. The molecule has 0 radical (unpaired) electrons. The minimum atomic E-state index is -1.34. The van der Waals surface area contributed by atoms with Crippen LogP contribution in [-0.4, -0.2) is 12.9 Å². The van der Waals surface area contributed by atoms with Crippen LogP contribution in [0.25, 0.3) is 0 Å². The monoisotopic (exact) mass is 336 g/mol. The molecule has 0 amide bonds. The van der Waals surface area contributed by atoms with Gasteiger partial charge in [-0.1, -0.05) is 31.6 Å². The molecule has 0 N–H and O–H groups in total. The summed E-state index contributed by atoms with van der Waals surface area (Å²) in [5.74, 6) is 0.249. The molecule has 0 aromatic heterocycles. The molecule has 1 fully saturated rings. The number of hydrogen-bond donors (Lipinski definition) is 0. The molecule has 0 spiro atoms. The molecule has 1 aliphatic carbocycles. The highest BCUT2D eigenvalue weighted by atomic mass is 16.5. The lowest BCUT2D eigenvalue weighted by atomic mass is 9.55. The topological polar surface area (TPSA) is 73.9 Å². The summed E-state index contributed by atoms with van der Waals surface area (Å²) >= 11 is 0. The standard InChI is InChI=1S/C21H24N2O2/c1-4-11-21(14-22,15-23)19(16-8-7-9-17(13-16)25-3)20(2)12-6-5-10-18(20)24/h4,7-9,13,19H,1,5-6,10-12H2,2-3H3/t19-,20+/m1/s1. The Hall–Kier alpha value is -2.59. The molecule has 130 valence electrons. The number of carbonyl (C=O) groups excluding carboxylic acids is 1. The lowest BCUT2D eigenvalue weighted by molar-refractivity contribution is -0.133. The molecule has 0 bridgehead atoms. The van der Waals surface area contributed by atoms with Crippen molar-refractivity contribution < 1.29 is 9.53 Å². The van der Waals surface area contributed by atoms with Crippen LogP contribution in [-0.2, 0) is 4.79 Å². The Kier molecular flexibility index (Phi) is 5.65. The number of ketones is 1. The van der Waals surface area contributed by atoms with E-state index in [0.717, 1.165) is 18.4 Å². The van der Waals surface area contributed by atoms with Crippen molar-refractivity contribution in [3.63, 3.8) is 0 Å². The summed E-state index contributed by atoms with van der Waals surface area (Å²) in [5.41, 5.74) is -1.29. The first-order valence-electron chi connectivity index (χ1n) is 8.58. The summed E-state index contributed by atoms with van der Waals surface area (Å²) in [6.07, 6.45) is 4.77. The molecule has 1 saturated carbocycles. The van der Waals surface area contributed by atoms with Gasteiger partial charge >= 0.3 is 0 Å². The van der Waals surface area contributed by atoms with Gasteiger partial charge in [-0.3, -0.25) is 4.79 Å². The van der Waals surface area contributed by atoms with Crippen LogP contribution in [0.15, 0.2) is 36.9 Å². The molecule has 0 aliphatic heterocycles. The van der Waals surface area contributed by atoms with Crippen molar-refractivity contribution in [1.29, 1.82) is 10.5 Å². The van der Waals surface area contributed by atoms with Gasteiger partial charge in [0.15, 0.2) is 5.41 Å². The van der Waals surface area contributed by atoms with E-state index in [9.17, 15) is 15.3 Å². The van der Waals surface area contributed by atoms with E-state index in [1.54, 1.807) is 13.2 Å². The van der Waals surface area contributed by atoms with Gasteiger partial charge in [-0.25, -0.2) is 0 Å². The molecule has 0 heterocycles. The zero-order valence-corrected chi connectivity index (χ0v) is 14.9. The Bertz CT molecular complexity index is 727. The lowest BCUT2D eigenvalue weighted by Crippen LogP contribution is -2.44. The van der Waals surface area contributed by atoms with Crippen LogP contribution in [0.4, 0.5) is 0 Å². The van der Waals surface area contributed by atoms with Crippen molar-refractivity contribution >= 4 is 5.78 Å². The van der Waals surface area contributed by atoms with Crippen LogP contribution in [0.2, 0.25) is 0 Å². The van der Waals surface area contributed by atoms with Crippen molar-refractivity contribution in [2.24, 2.45) is 10.8 Å². The molecule has 25 heavy (non-hydrogen) atoms. The van der Waals surface area contributed by atoms with Crippen LogP contribution in [0.1, 0.15) is 50.5 Å². The van der Waals surface area contributed by atoms with Gasteiger partial charge in [-0.15, -0.1) is 6.58 Å². The normalized spacial score (nSPS) is 21.7. The molecule has 4 heteroatoms. The highest BCUT2D eigenvalue weighted by Crippen LogP contribution is 2.54. The Morgan fingerprint density at radius 3 is 2.68 bits per heavy atom. The predicted molar refractivity (Wildman–Crippen MR) is 95.8 cm³/mol. The number of ether oxygens (including phenoxy) is 1. The van der Waals surface area contributed by atoms with E-state index in [4.69, 9.17) is 4.74 Å². The van der Waals surface area contributed by atoms with Gasteiger partial charge in [-0.05, 0) is 37.0 Å². The van der Waals surface area contributed by atoms with Gasteiger partial charge in [-0.2, -0.15) is 10.5 Å². The van der Waals surface area contributed by atoms with E-state index < -0.39 is 16.7 Å². The molecule has 2 atom stereocenters. The molecule has 1 aromatic carbocycles. The highest BCUT2D eigenvalue weighted by molar-refractivity contribution is 5.86. The zero-order chi connectivity index (χ0) is 18.5. The number of hydrogen-bond acceptors (Lipinski definition) is 4. The Morgan fingerprint density at radius 2 is 2.12 bits per heavy atom. The number of nitriles is 2. The predicted octanol–water partition coefficient (Wildman–Crippen LogP) is 4.54. The number of allylic oxidation sites excluding steroid dienone is 1. The van der Waals surface area contributed by atoms with Crippen molar-refractivity contribution in [2.45, 2.75) is 44.9 Å². The van der Waals surface area contributed by atoms with Crippen LogP contribution < -0.4 is 4.74 Å². The first-order valence-corrected chi connectivity index (χ1v) is 8.58. The molecule has 4 nitrogen and oxygen atoms in total. The van der Waals surface area contributed by atoms with Crippen LogP contribution in [0.3, 0.4) is 0 Å². The quantitative estimate of drug-likeness (QED) is 0.715. The van der Waals surface area contributed by atoms with Crippen molar-refractivity contribution in [1.82, 2.24) is 0 Å². The Labute approximate surface area is 149 Å². The lowest BCUT2D eigenvalue weighted by Gasteiger charge is -2.44. The van der Waals surface area contributed by atoms with Crippen molar-refractivity contribution in [3.8, 4) is 17.9 Å². The number of methoxy groups -OCH3 is 1. The van der Waals surface area contributed by atoms with E-state index in [1.165, 1.54) is 0 Å². The third-order valence-corrected chi connectivity index (χ3v) is 5.41. The number of benzene rings is 1. The molecule has 2 rings (SSSR count). The van der Waals surface area contributed by atoms with E-state index in [0.29, 0.717) is 18.6 Å². The zero-order valence-electron chi connectivity index (χ0n) is 14.9. The summed E-state index contributed by atoms with van der Waals surface area (Å²) in [7, 11) is 1.58. The fraction of sp³-hybridized carbons (Fsp3) is 0.476. The highest BCUT2D eigenvalue weighted by Gasteiger charge is 2.53. The molecular formula is C21H24N2O2. The third kappa shape index (κ3) is 3.30. The summed E-state index contributed by atoms with van der Waals surface area (Å²) in [6.45, 7) is 5.63. The second-order valence-electron chi connectivity index (χ2n) is 6.95. The first-order chi connectivity index (χ1) is 12.0. The minimum absolute atomic E-state index is 0.130. The van der Waals surface area contributed by atoms with Crippen molar-refractivity contribution in [3.05, 3.63) is 42.5 Å². The number of carbonyl (C=O) groups is 1. The van der Waals surface area contributed by atoms with Crippen molar-refractivity contribution in [2.75, 3.05) is 7.11 Å². The van der Waals surface area contributed by atoms with E-state index in [1.807, 2.05) is 31.2 Å². The summed E-state index contributed by atoms with van der Waals surface area (Å²) in [4.78, 5) is 12.9. The first kappa shape index (κ1) is 18.7. The third-order valence-electron chi connectivity index (χ3n) is 5.41. The molecule has 1 aliphatic rings. The minimum Gasteiger partial charge on any atom is -0.497 e. The fourth-order valence-corrected chi connectivity index (χ4v) is 4.12. The second kappa shape index (κ2) is 7.53. The van der Waals surface area contributed by atoms with Crippen LogP contribution in [0, 0.1) is 33.5 Å². The van der Waals surface area contributed by atoms with Crippen LogP contribution >= 0.6 is 0 Å². The Balaban J connectivity index is 2.71. The molecular weight excluding hydrogens is 312 g/mol. The van der Waals surface area contributed by atoms with Gasteiger partial charge in [0.25, 0.3) is 0 Å².